The van der Waals surface area contributed by atoms with Gasteiger partial charge in [0.2, 0.25) is 0 Å². The molecule has 0 unspecified atom stereocenters. The highest BCUT2D eigenvalue weighted by Crippen LogP contribution is 2.30. The lowest BCUT2D eigenvalue weighted by Gasteiger charge is -2.17. The number of hydrogen-bond donors (Lipinski definition) is 1. The summed E-state index contributed by atoms with van der Waals surface area (Å²) in [6, 6.07) is 10.0. The molecule has 1 saturated heterocycles. The van der Waals surface area contributed by atoms with E-state index in [2.05, 4.69) is 30.1 Å². The predicted molar refractivity (Wildman–Crippen MR) is 85.2 cm³/mol. The Morgan fingerprint density at radius 1 is 1.27 bits per heavy atom. The molecule has 1 fully saturated rings. The van der Waals surface area contributed by atoms with E-state index in [4.69, 9.17) is 0 Å². The van der Waals surface area contributed by atoms with Crippen LogP contribution in [0.1, 0.15) is 51.2 Å². The Bertz CT molecular complexity index is 717. The zero-order valence-corrected chi connectivity index (χ0v) is 12.9. The highest BCUT2D eigenvalue weighted by molar-refractivity contribution is 5.99. The van der Waals surface area contributed by atoms with Crippen LogP contribution >= 0.6 is 0 Å². The van der Waals surface area contributed by atoms with Crippen LogP contribution in [0.25, 0.3) is 0 Å². The van der Waals surface area contributed by atoms with Gasteiger partial charge in [-0.2, -0.15) is 0 Å². The minimum Gasteiger partial charge on any atom is -0.356 e. The van der Waals surface area contributed by atoms with E-state index in [9.17, 15) is 9.59 Å². The van der Waals surface area contributed by atoms with Crippen LogP contribution in [0.15, 0.2) is 36.5 Å². The lowest BCUT2D eigenvalue weighted by atomic mass is 9.94. The van der Waals surface area contributed by atoms with Gasteiger partial charge < -0.3 is 9.88 Å². The molecule has 0 spiro atoms. The minimum absolute atomic E-state index is 0.0245. The van der Waals surface area contributed by atoms with Crippen LogP contribution in [0.2, 0.25) is 0 Å². The normalized spacial score (nSPS) is 17.7. The fourth-order valence-corrected chi connectivity index (χ4v) is 3.13. The molecule has 2 heterocycles. The Morgan fingerprint density at radius 3 is 2.73 bits per heavy atom. The monoisotopic (exact) mass is 296 g/mol. The van der Waals surface area contributed by atoms with Gasteiger partial charge >= 0.3 is 0 Å². The molecule has 114 valence electrons. The molecule has 0 bridgehead atoms. The zero-order chi connectivity index (χ0) is 15.7. The summed E-state index contributed by atoms with van der Waals surface area (Å²) in [5, 5.41) is 0. The second-order valence-electron chi connectivity index (χ2n) is 5.95. The highest BCUT2D eigenvalue weighted by atomic mass is 16.2. The molecule has 1 aromatic heterocycles. The molecule has 22 heavy (non-hydrogen) atoms. The van der Waals surface area contributed by atoms with Crippen LogP contribution in [0.3, 0.4) is 0 Å². The van der Waals surface area contributed by atoms with Gasteiger partial charge in [0.05, 0.1) is 0 Å². The summed E-state index contributed by atoms with van der Waals surface area (Å²) in [5.74, 6) is 0.338. The lowest BCUT2D eigenvalue weighted by molar-refractivity contribution is 0.0785. The number of ketones is 1. The highest BCUT2D eigenvalue weighted by Gasteiger charge is 2.29. The summed E-state index contributed by atoms with van der Waals surface area (Å²) in [5.41, 5.74) is 3.66. The van der Waals surface area contributed by atoms with Gasteiger partial charge in [0.1, 0.15) is 5.69 Å². The van der Waals surface area contributed by atoms with Crippen molar-refractivity contribution < 1.29 is 9.59 Å². The van der Waals surface area contributed by atoms with Crippen molar-refractivity contribution in [2.45, 2.75) is 26.2 Å². The molecule has 0 radical (unpaired) electrons. The van der Waals surface area contributed by atoms with Crippen molar-refractivity contribution in [1.82, 2.24) is 9.88 Å². The Labute approximate surface area is 130 Å². The Hall–Kier alpha value is -2.36. The number of Topliss-reactive ketones (excluding diaryl/α,β-unsaturated/α-hetero) is 1. The third kappa shape index (κ3) is 2.69. The number of carbonyl (C=O) groups excluding carboxylic acids is 2. The maximum atomic E-state index is 12.5. The largest absolute Gasteiger partial charge is 0.356 e. The molecule has 0 saturated carbocycles. The maximum Gasteiger partial charge on any atom is 0.270 e. The SMILES string of the molecule is CC(=O)c1c[nH]c(C(=O)N2CC[C@@H](c3ccccc3C)C2)c1. The van der Waals surface area contributed by atoms with Crippen LogP contribution in [-0.4, -0.2) is 34.7 Å². The number of carbonyl (C=O) groups is 2. The van der Waals surface area contributed by atoms with Gasteiger partial charge in [0.25, 0.3) is 5.91 Å². The Balaban J connectivity index is 1.73. The molecule has 4 heteroatoms. The summed E-state index contributed by atoms with van der Waals surface area (Å²) in [6.45, 7) is 5.11. The van der Waals surface area contributed by atoms with Gasteiger partial charge in [-0.05, 0) is 37.5 Å². The quantitative estimate of drug-likeness (QED) is 0.885. The topological polar surface area (TPSA) is 53.2 Å². The number of rotatable bonds is 3. The Morgan fingerprint density at radius 2 is 2.05 bits per heavy atom. The van der Waals surface area contributed by atoms with Crippen LogP contribution in [0, 0.1) is 6.92 Å². The Kier molecular flexibility index (Phi) is 3.84. The van der Waals surface area contributed by atoms with Crippen molar-refractivity contribution in [3.63, 3.8) is 0 Å². The molecule has 1 aromatic carbocycles. The van der Waals surface area contributed by atoms with E-state index in [0.29, 0.717) is 17.2 Å². The van der Waals surface area contributed by atoms with Gasteiger partial charge in [0.15, 0.2) is 5.78 Å². The molecule has 3 rings (SSSR count). The summed E-state index contributed by atoms with van der Waals surface area (Å²) in [7, 11) is 0. The summed E-state index contributed by atoms with van der Waals surface area (Å²) >= 11 is 0. The summed E-state index contributed by atoms with van der Waals surface area (Å²) in [6.07, 6.45) is 2.58. The summed E-state index contributed by atoms with van der Waals surface area (Å²) < 4.78 is 0. The third-order valence-electron chi connectivity index (χ3n) is 4.42. The number of likely N-dealkylation sites (tertiary alicyclic amines) is 1. The van der Waals surface area contributed by atoms with E-state index in [0.717, 1.165) is 19.5 Å². The lowest BCUT2D eigenvalue weighted by Crippen LogP contribution is -2.28. The van der Waals surface area contributed by atoms with Crippen molar-refractivity contribution in [2.75, 3.05) is 13.1 Å². The number of benzene rings is 1. The first-order valence-electron chi connectivity index (χ1n) is 7.60. The van der Waals surface area contributed by atoms with E-state index in [1.54, 1.807) is 12.3 Å². The molecule has 4 nitrogen and oxygen atoms in total. The predicted octanol–water partition coefficient (Wildman–Crippen LogP) is 3.16. The molecule has 1 amide bonds. The fourth-order valence-electron chi connectivity index (χ4n) is 3.13. The molecular weight excluding hydrogens is 276 g/mol. The first kappa shape index (κ1) is 14.6. The first-order valence-corrected chi connectivity index (χ1v) is 7.60. The van der Waals surface area contributed by atoms with Gasteiger partial charge in [0, 0.05) is 30.8 Å². The van der Waals surface area contributed by atoms with Crippen molar-refractivity contribution in [3.05, 3.63) is 58.9 Å². The summed E-state index contributed by atoms with van der Waals surface area (Å²) in [4.78, 5) is 28.6. The number of nitrogens with zero attached hydrogens (tertiary/aromatic N) is 1. The fraction of sp³-hybridized carbons (Fsp3) is 0.333. The number of hydrogen-bond acceptors (Lipinski definition) is 2. The maximum absolute atomic E-state index is 12.5. The van der Waals surface area contributed by atoms with E-state index < -0.39 is 0 Å². The van der Waals surface area contributed by atoms with Crippen LogP contribution in [0.4, 0.5) is 0 Å². The van der Waals surface area contributed by atoms with Gasteiger partial charge in [-0.15, -0.1) is 0 Å². The smallest absolute Gasteiger partial charge is 0.270 e. The third-order valence-corrected chi connectivity index (χ3v) is 4.42. The standard InChI is InChI=1S/C18H20N2O2/c1-12-5-3-4-6-16(12)14-7-8-20(11-14)18(22)17-9-15(10-19-17)13(2)21/h3-6,9-10,14,19H,7-8,11H2,1-2H3/t14-/m1/s1. The van der Waals surface area contributed by atoms with E-state index in [1.165, 1.54) is 18.1 Å². The molecule has 0 aliphatic carbocycles. The van der Waals surface area contributed by atoms with Crippen LogP contribution in [0.5, 0.6) is 0 Å². The van der Waals surface area contributed by atoms with Crippen LogP contribution < -0.4 is 0 Å². The van der Waals surface area contributed by atoms with Crippen molar-refractivity contribution in [1.29, 1.82) is 0 Å². The van der Waals surface area contributed by atoms with E-state index in [-0.39, 0.29) is 11.7 Å². The second kappa shape index (κ2) is 5.79. The number of nitrogens with one attached hydrogen (secondary N) is 1. The zero-order valence-electron chi connectivity index (χ0n) is 12.9. The number of aromatic amines is 1. The molecule has 2 aromatic rings. The molecule has 1 atom stereocenters. The van der Waals surface area contributed by atoms with E-state index in [1.807, 2.05) is 11.0 Å². The van der Waals surface area contributed by atoms with Gasteiger partial charge in [-0.3, -0.25) is 9.59 Å². The number of amides is 1. The second-order valence-corrected chi connectivity index (χ2v) is 5.95. The average Bonchev–Trinajstić information content (AvgIpc) is 3.17. The average molecular weight is 296 g/mol. The molecule has 1 N–H and O–H groups in total. The molecule has 1 aliphatic heterocycles. The van der Waals surface area contributed by atoms with Gasteiger partial charge in [-0.25, -0.2) is 0 Å². The van der Waals surface area contributed by atoms with Crippen molar-refractivity contribution in [2.24, 2.45) is 0 Å². The number of H-pyrrole nitrogens is 1. The molecular formula is C18H20N2O2. The number of aromatic nitrogens is 1. The van der Waals surface area contributed by atoms with Crippen LogP contribution in [-0.2, 0) is 0 Å². The first-order chi connectivity index (χ1) is 10.6. The number of aryl methyl sites for hydroxylation is 1. The van der Waals surface area contributed by atoms with Crippen molar-refractivity contribution in [3.8, 4) is 0 Å². The van der Waals surface area contributed by atoms with E-state index >= 15 is 0 Å². The van der Waals surface area contributed by atoms with Crippen molar-refractivity contribution >= 4 is 11.7 Å². The minimum atomic E-state index is -0.0329. The molecule has 1 aliphatic rings. The van der Waals surface area contributed by atoms with Gasteiger partial charge in [-0.1, -0.05) is 24.3 Å².